The molecule has 0 saturated heterocycles. The topological polar surface area (TPSA) is 55.4 Å². The number of para-hydroxylation sites is 1. The summed E-state index contributed by atoms with van der Waals surface area (Å²) in [5.41, 5.74) is 2.97. The van der Waals surface area contributed by atoms with Crippen molar-refractivity contribution in [1.29, 1.82) is 0 Å². The van der Waals surface area contributed by atoms with Gasteiger partial charge in [0.05, 0.1) is 10.6 Å². The van der Waals surface area contributed by atoms with Crippen LogP contribution in [-0.2, 0) is 14.4 Å². The van der Waals surface area contributed by atoms with Gasteiger partial charge in [0.1, 0.15) is 0 Å². The molecule has 0 bridgehead atoms. The number of rotatable bonds is 4. The fourth-order valence-electron chi connectivity index (χ4n) is 1.24. The van der Waals surface area contributed by atoms with Crippen LogP contribution in [0.4, 0.5) is 5.69 Å². The van der Waals surface area contributed by atoms with Crippen molar-refractivity contribution in [2.45, 2.75) is 4.90 Å². The van der Waals surface area contributed by atoms with Crippen molar-refractivity contribution >= 4 is 64.7 Å². The molecule has 0 saturated carbocycles. The van der Waals surface area contributed by atoms with E-state index in [0.29, 0.717) is 5.69 Å². The van der Waals surface area contributed by atoms with Gasteiger partial charge in [-0.2, -0.15) is 8.42 Å². The molecule has 94 valence electrons. The van der Waals surface area contributed by atoms with Crippen LogP contribution in [0.3, 0.4) is 0 Å². The standard InChI is InChI=1S/C12H11NO3S.Ba.2H2/c14-17(15,12-9-5-2-6-10-12)16-13-11-7-3-1-4-8-11;;;/h1-10,13H;;2*1H. The van der Waals surface area contributed by atoms with Crippen LogP contribution >= 0.6 is 0 Å². The predicted octanol–water partition coefficient (Wildman–Crippen LogP) is 2.53. The van der Waals surface area contributed by atoms with Gasteiger partial charge in [-0.05, 0) is 24.3 Å². The molecule has 0 aliphatic carbocycles. The van der Waals surface area contributed by atoms with Gasteiger partial charge in [0.2, 0.25) is 0 Å². The molecule has 2 aromatic carbocycles. The number of benzene rings is 2. The first-order chi connectivity index (χ1) is 8.18. The van der Waals surface area contributed by atoms with Crippen LogP contribution in [0.15, 0.2) is 65.6 Å². The molecule has 2 radical (unpaired) electrons. The van der Waals surface area contributed by atoms with E-state index in [0.717, 1.165) is 0 Å². The molecule has 0 heterocycles. The molecule has 0 spiro atoms. The van der Waals surface area contributed by atoms with Gasteiger partial charge >= 0.3 is 10.1 Å². The third-order valence-electron chi connectivity index (χ3n) is 2.07. The van der Waals surface area contributed by atoms with Crippen LogP contribution in [-0.4, -0.2) is 57.3 Å². The van der Waals surface area contributed by atoms with Gasteiger partial charge in [0, 0.05) is 51.7 Å². The average molecular weight is 391 g/mol. The maximum atomic E-state index is 11.7. The van der Waals surface area contributed by atoms with Gasteiger partial charge in [0.15, 0.2) is 0 Å². The molecular weight excluding hydrogens is 376 g/mol. The zero-order valence-corrected chi connectivity index (χ0v) is 14.9. The maximum Gasteiger partial charge on any atom is 0.317 e. The van der Waals surface area contributed by atoms with E-state index < -0.39 is 10.1 Å². The minimum atomic E-state index is -3.77. The van der Waals surface area contributed by atoms with Crippen molar-refractivity contribution in [3.63, 3.8) is 0 Å². The van der Waals surface area contributed by atoms with E-state index in [1.54, 1.807) is 42.5 Å². The summed E-state index contributed by atoms with van der Waals surface area (Å²) >= 11 is 0. The molecular formula is C12H15BaNO3S. The van der Waals surface area contributed by atoms with Gasteiger partial charge in [0.25, 0.3) is 0 Å². The van der Waals surface area contributed by atoms with E-state index in [4.69, 9.17) is 4.28 Å². The van der Waals surface area contributed by atoms with Crippen molar-refractivity contribution in [3.05, 3.63) is 60.7 Å². The monoisotopic (exact) mass is 391 g/mol. The van der Waals surface area contributed by atoms with Crippen LogP contribution in [0.2, 0.25) is 0 Å². The van der Waals surface area contributed by atoms with E-state index >= 15 is 0 Å². The normalized spacial score (nSPS) is 10.4. The van der Waals surface area contributed by atoms with Gasteiger partial charge in [-0.3, -0.25) is 0 Å². The van der Waals surface area contributed by atoms with E-state index in [2.05, 4.69) is 5.48 Å². The van der Waals surface area contributed by atoms with Gasteiger partial charge in [-0.1, -0.05) is 36.4 Å². The summed E-state index contributed by atoms with van der Waals surface area (Å²) < 4.78 is 28.2. The number of anilines is 1. The van der Waals surface area contributed by atoms with Gasteiger partial charge < -0.3 is 0 Å². The van der Waals surface area contributed by atoms with Crippen molar-refractivity contribution < 1.29 is 15.6 Å². The fourth-order valence-corrected chi connectivity index (χ4v) is 2.04. The number of hydrogen-bond acceptors (Lipinski definition) is 4. The van der Waals surface area contributed by atoms with Crippen LogP contribution in [0.1, 0.15) is 2.85 Å². The number of nitrogens with one attached hydrogen (secondary N) is 1. The molecule has 0 aromatic heterocycles. The molecule has 4 nitrogen and oxygen atoms in total. The first-order valence-electron chi connectivity index (χ1n) is 4.98. The van der Waals surface area contributed by atoms with E-state index in [9.17, 15) is 8.42 Å². The van der Waals surface area contributed by atoms with Crippen molar-refractivity contribution in [3.8, 4) is 0 Å². The molecule has 2 rings (SSSR count). The van der Waals surface area contributed by atoms with Crippen LogP contribution in [0, 0.1) is 0 Å². The average Bonchev–Trinajstić information content (AvgIpc) is 2.39. The quantitative estimate of drug-likeness (QED) is 0.644. The molecule has 6 heteroatoms. The molecule has 0 aliphatic heterocycles. The third kappa shape index (κ3) is 4.43. The first-order valence-corrected chi connectivity index (χ1v) is 6.39. The fraction of sp³-hybridized carbons (Fsp3) is 0. The second-order valence-electron chi connectivity index (χ2n) is 3.32. The maximum absolute atomic E-state index is 11.7. The minimum absolute atomic E-state index is 0. The smallest absolute Gasteiger partial charge is 0.249 e. The molecule has 0 unspecified atom stereocenters. The van der Waals surface area contributed by atoms with Gasteiger partial charge in [-0.25, -0.2) is 5.48 Å². The van der Waals surface area contributed by atoms with Crippen molar-refractivity contribution in [1.82, 2.24) is 0 Å². The number of hydrogen-bond donors (Lipinski definition) is 1. The minimum Gasteiger partial charge on any atom is -0.249 e. The summed E-state index contributed by atoms with van der Waals surface area (Å²) in [5, 5.41) is 0. The first kappa shape index (κ1) is 15.8. The molecule has 0 atom stereocenters. The van der Waals surface area contributed by atoms with E-state index in [-0.39, 0.29) is 56.6 Å². The SMILES string of the molecule is O=S(=O)(ONc1ccccc1)c1ccccc1.[Ba].[HH].[HH]. The Balaban J connectivity index is 0. The zero-order chi connectivity index (χ0) is 12.1. The second kappa shape index (κ2) is 7.34. The summed E-state index contributed by atoms with van der Waals surface area (Å²) in [6, 6.07) is 16.8. The molecule has 18 heavy (non-hydrogen) atoms. The summed E-state index contributed by atoms with van der Waals surface area (Å²) in [4.78, 5) is 0.114. The Morgan fingerprint density at radius 3 is 1.94 bits per heavy atom. The summed E-state index contributed by atoms with van der Waals surface area (Å²) in [6.45, 7) is 0. The molecule has 0 aliphatic rings. The zero-order valence-electron chi connectivity index (χ0n) is 9.61. The molecule has 0 amide bonds. The van der Waals surface area contributed by atoms with E-state index in [1.165, 1.54) is 12.1 Å². The Labute approximate surface area is 149 Å². The van der Waals surface area contributed by atoms with E-state index in [1.807, 2.05) is 6.07 Å². The van der Waals surface area contributed by atoms with Crippen LogP contribution < -0.4 is 5.48 Å². The molecule has 1 N–H and O–H groups in total. The largest absolute Gasteiger partial charge is 0.317 e. The third-order valence-corrected chi connectivity index (χ3v) is 3.23. The van der Waals surface area contributed by atoms with Crippen molar-refractivity contribution in [2.75, 3.05) is 5.48 Å². The Bertz CT molecular complexity index is 582. The Hall–Kier alpha value is -0.279. The Kier molecular flexibility index (Phi) is 6.44. The Morgan fingerprint density at radius 1 is 0.889 bits per heavy atom. The summed E-state index contributed by atoms with van der Waals surface area (Å²) in [5.74, 6) is 0. The van der Waals surface area contributed by atoms with Gasteiger partial charge in [-0.15, -0.1) is 4.28 Å². The predicted molar refractivity (Wildman–Crippen MR) is 74.8 cm³/mol. The summed E-state index contributed by atoms with van der Waals surface area (Å²) in [7, 11) is -3.77. The van der Waals surface area contributed by atoms with Crippen LogP contribution in [0.25, 0.3) is 0 Å². The Morgan fingerprint density at radius 2 is 1.39 bits per heavy atom. The summed E-state index contributed by atoms with van der Waals surface area (Å²) in [6.07, 6.45) is 0. The van der Waals surface area contributed by atoms with Crippen molar-refractivity contribution in [2.24, 2.45) is 0 Å². The second-order valence-corrected chi connectivity index (χ2v) is 4.86. The molecule has 2 aromatic rings. The molecule has 0 fully saturated rings. The van der Waals surface area contributed by atoms with Crippen LogP contribution in [0.5, 0.6) is 0 Å².